The molecule has 1 aliphatic rings. The van der Waals surface area contributed by atoms with E-state index in [2.05, 4.69) is 0 Å². The molecule has 25 heavy (non-hydrogen) atoms. The maximum atomic E-state index is 12.9. The van der Waals surface area contributed by atoms with Crippen LogP contribution in [0.5, 0.6) is 5.75 Å². The molecule has 0 saturated heterocycles. The highest BCUT2D eigenvalue weighted by molar-refractivity contribution is 6.07. The number of rotatable bonds is 2. The number of amides is 1. The van der Waals surface area contributed by atoms with E-state index in [9.17, 15) is 27.9 Å². The molecule has 0 radical (unpaired) electrons. The van der Waals surface area contributed by atoms with Gasteiger partial charge in [0.15, 0.2) is 0 Å². The number of hydrogen-bond acceptors (Lipinski definition) is 3. The van der Waals surface area contributed by atoms with Crippen molar-refractivity contribution < 1.29 is 32.6 Å². The van der Waals surface area contributed by atoms with Crippen molar-refractivity contribution in [2.45, 2.75) is 12.3 Å². The minimum Gasteiger partial charge on any atom is -0.478 e. The van der Waals surface area contributed by atoms with Gasteiger partial charge in [-0.15, -0.1) is 0 Å². The number of fused-ring (bicyclic) bond motifs is 1. The lowest BCUT2D eigenvalue weighted by atomic mass is 10.1. The van der Waals surface area contributed by atoms with E-state index in [4.69, 9.17) is 4.74 Å². The summed E-state index contributed by atoms with van der Waals surface area (Å²) in [6.07, 6.45) is -5.88. The number of anilines is 1. The topological polar surface area (TPSA) is 66.8 Å². The van der Waals surface area contributed by atoms with Crippen LogP contribution in [0.1, 0.15) is 15.9 Å². The predicted molar refractivity (Wildman–Crippen MR) is 81.6 cm³/mol. The van der Waals surface area contributed by atoms with Crippen molar-refractivity contribution >= 4 is 17.6 Å². The van der Waals surface area contributed by atoms with Crippen LogP contribution in [0.3, 0.4) is 0 Å². The molecule has 1 unspecified atom stereocenters. The van der Waals surface area contributed by atoms with Crippen LogP contribution < -0.4 is 9.64 Å². The zero-order valence-electron chi connectivity index (χ0n) is 12.7. The third kappa shape index (κ3) is 3.28. The number of para-hydroxylation sites is 2. The van der Waals surface area contributed by atoms with Gasteiger partial charge in [-0.25, -0.2) is 4.79 Å². The van der Waals surface area contributed by atoms with Gasteiger partial charge in [0, 0.05) is 5.56 Å². The molecule has 1 atom stereocenters. The summed E-state index contributed by atoms with van der Waals surface area (Å²) >= 11 is 0. The quantitative estimate of drug-likeness (QED) is 0.902. The number of aliphatic carboxylic acids is 1. The molecule has 0 spiro atoms. The summed E-state index contributed by atoms with van der Waals surface area (Å²) in [5.41, 5.74) is -0.826. The van der Waals surface area contributed by atoms with Gasteiger partial charge in [0.05, 0.1) is 17.8 Å². The van der Waals surface area contributed by atoms with Crippen molar-refractivity contribution in [3.63, 3.8) is 0 Å². The summed E-state index contributed by atoms with van der Waals surface area (Å²) in [6.45, 7) is -0.304. The molecular formula is C17H12F3NO4. The van der Waals surface area contributed by atoms with Crippen LogP contribution in [-0.2, 0) is 11.0 Å². The number of alkyl halides is 3. The molecule has 2 aromatic rings. The minimum absolute atomic E-state index is 0.182. The zero-order chi connectivity index (χ0) is 18.2. The molecule has 0 fully saturated rings. The first-order chi connectivity index (χ1) is 11.8. The highest BCUT2D eigenvalue weighted by Gasteiger charge is 2.35. The molecule has 1 heterocycles. The fourth-order valence-electron chi connectivity index (χ4n) is 2.54. The van der Waals surface area contributed by atoms with E-state index in [1.165, 1.54) is 12.1 Å². The molecule has 1 aliphatic heterocycles. The van der Waals surface area contributed by atoms with Gasteiger partial charge in [-0.2, -0.15) is 13.2 Å². The van der Waals surface area contributed by atoms with Gasteiger partial charge in [-0.3, -0.25) is 4.79 Å². The molecule has 3 rings (SSSR count). The Morgan fingerprint density at radius 3 is 2.52 bits per heavy atom. The molecule has 130 valence electrons. The number of ether oxygens (including phenoxy) is 1. The molecule has 1 N–H and O–H groups in total. The van der Waals surface area contributed by atoms with Crippen molar-refractivity contribution in [2.24, 2.45) is 0 Å². The van der Waals surface area contributed by atoms with Crippen LogP contribution in [0, 0.1) is 0 Å². The number of carboxylic acid groups (broad SMARTS) is 1. The van der Waals surface area contributed by atoms with Gasteiger partial charge in [-0.1, -0.05) is 18.2 Å². The van der Waals surface area contributed by atoms with E-state index in [0.29, 0.717) is 5.69 Å². The van der Waals surface area contributed by atoms with Gasteiger partial charge < -0.3 is 14.7 Å². The van der Waals surface area contributed by atoms with Crippen LogP contribution >= 0.6 is 0 Å². The van der Waals surface area contributed by atoms with E-state index in [1.807, 2.05) is 0 Å². The Balaban J connectivity index is 2.00. The normalized spacial score (nSPS) is 16.8. The number of carbonyl (C=O) groups excluding carboxylic acids is 1. The van der Waals surface area contributed by atoms with Crippen molar-refractivity contribution in [1.29, 1.82) is 0 Å². The molecule has 2 aromatic carbocycles. The maximum absolute atomic E-state index is 12.9. The first-order valence-electron chi connectivity index (χ1n) is 7.25. The van der Waals surface area contributed by atoms with E-state index in [-0.39, 0.29) is 17.9 Å². The number of halogens is 3. The maximum Gasteiger partial charge on any atom is 0.416 e. The fourth-order valence-corrected chi connectivity index (χ4v) is 2.54. The van der Waals surface area contributed by atoms with E-state index >= 15 is 0 Å². The summed E-state index contributed by atoms with van der Waals surface area (Å²) in [5.74, 6) is -1.81. The van der Waals surface area contributed by atoms with Crippen LogP contribution in [0.2, 0.25) is 0 Å². The predicted octanol–water partition coefficient (Wildman–Crippen LogP) is 3.20. The van der Waals surface area contributed by atoms with Crippen LogP contribution in [0.15, 0.2) is 48.5 Å². The lowest BCUT2D eigenvalue weighted by Crippen LogP contribution is -2.47. The molecule has 8 heteroatoms. The summed E-state index contributed by atoms with van der Waals surface area (Å²) < 4.78 is 43.9. The molecule has 0 aromatic heterocycles. The Hall–Kier alpha value is -3.03. The number of nitrogens with zero attached hydrogens (tertiary/aromatic N) is 1. The van der Waals surface area contributed by atoms with Crippen molar-refractivity contribution in [3.8, 4) is 5.75 Å². The second-order valence-corrected chi connectivity index (χ2v) is 5.41. The molecule has 0 bridgehead atoms. The smallest absolute Gasteiger partial charge is 0.416 e. The van der Waals surface area contributed by atoms with Gasteiger partial charge >= 0.3 is 12.1 Å². The Morgan fingerprint density at radius 2 is 1.84 bits per heavy atom. The zero-order valence-corrected chi connectivity index (χ0v) is 12.7. The number of benzene rings is 2. The first kappa shape index (κ1) is 16.8. The lowest BCUT2D eigenvalue weighted by molar-refractivity contribution is -0.144. The Bertz CT molecular complexity index is 835. The standard InChI is InChI=1S/C17H12F3NO4/c18-17(19,20)11-5-3-4-10(8-11)15(22)21-9-14(16(23)24)25-13-7-2-1-6-12(13)21/h1-8,14H,9H2,(H,23,24). The minimum atomic E-state index is -4.58. The van der Waals surface area contributed by atoms with Crippen molar-refractivity contribution in [3.05, 3.63) is 59.7 Å². The van der Waals surface area contributed by atoms with Gasteiger partial charge in [0.1, 0.15) is 5.75 Å². The molecule has 0 saturated carbocycles. The summed E-state index contributed by atoms with van der Waals surface area (Å²) in [4.78, 5) is 25.1. The van der Waals surface area contributed by atoms with E-state index in [0.717, 1.165) is 23.1 Å². The average molecular weight is 351 g/mol. The summed E-state index contributed by atoms with van der Waals surface area (Å²) in [6, 6.07) is 10.3. The van der Waals surface area contributed by atoms with Crippen molar-refractivity contribution in [1.82, 2.24) is 0 Å². The highest BCUT2D eigenvalue weighted by Crippen LogP contribution is 2.35. The summed E-state index contributed by atoms with van der Waals surface area (Å²) in [5, 5.41) is 9.17. The third-order valence-electron chi connectivity index (χ3n) is 3.73. The first-order valence-corrected chi connectivity index (χ1v) is 7.25. The summed E-state index contributed by atoms with van der Waals surface area (Å²) in [7, 11) is 0. The molecular weight excluding hydrogens is 339 g/mol. The van der Waals surface area contributed by atoms with Gasteiger partial charge in [0.2, 0.25) is 6.10 Å². The molecule has 5 nitrogen and oxygen atoms in total. The number of hydrogen-bond donors (Lipinski definition) is 1. The lowest BCUT2D eigenvalue weighted by Gasteiger charge is -2.33. The second kappa shape index (κ2) is 6.12. The second-order valence-electron chi connectivity index (χ2n) is 5.41. The highest BCUT2D eigenvalue weighted by atomic mass is 19.4. The van der Waals surface area contributed by atoms with Crippen molar-refractivity contribution in [2.75, 3.05) is 11.4 Å². The van der Waals surface area contributed by atoms with Crippen LogP contribution in [0.4, 0.5) is 18.9 Å². The Kier molecular flexibility index (Phi) is 4.12. The fraction of sp³-hybridized carbons (Fsp3) is 0.176. The van der Waals surface area contributed by atoms with E-state index < -0.39 is 29.7 Å². The Labute approximate surface area is 140 Å². The number of carbonyl (C=O) groups is 2. The monoisotopic (exact) mass is 351 g/mol. The van der Waals surface area contributed by atoms with E-state index in [1.54, 1.807) is 18.2 Å². The third-order valence-corrected chi connectivity index (χ3v) is 3.73. The molecule has 0 aliphatic carbocycles. The number of carboxylic acids is 1. The van der Waals surface area contributed by atoms with Crippen LogP contribution in [0.25, 0.3) is 0 Å². The van der Waals surface area contributed by atoms with Gasteiger partial charge in [-0.05, 0) is 30.3 Å². The van der Waals surface area contributed by atoms with Gasteiger partial charge in [0.25, 0.3) is 5.91 Å². The largest absolute Gasteiger partial charge is 0.478 e. The van der Waals surface area contributed by atoms with Crippen LogP contribution in [-0.4, -0.2) is 29.6 Å². The Morgan fingerprint density at radius 1 is 1.12 bits per heavy atom. The molecule has 1 amide bonds. The average Bonchev–Trinajstić information content (AvgIpc) is 2.59. The SMILES string of the molecule is O=C(O)C1CN(C(=O)c2cccc(C(F)(F)F)c2)c2ccccc2O1.